The van der Waals surface area contributed by atoms with Crippen molar-refractivity contribution in [3.63, 3.8) is 0 Å². The van der Waals surface area contributed by atoms with E-state index in [1.165, 1.54) is 0 Å². The molecule has 0 saturated carbocycles. The van der Waals surface area contributed by atoms with Crippen molar-refractivity contribution in [3.05, 3.63) is 104 Å². The van der Waals surface area contributed by atoms with Gasteiger partial charge in [0, 0.05) is 78.3 Å². The summed E-state index contributed by atoms with van der Waals surface area (Å²) in [5.74, 6) is -0.106. The number of carbonyl (C=O) groups is 1. The lowest BCUT2D eigenvalue weighted by molar-refractivity contribution is -0.384. The van der Waals surface area contributed by atoms with Gasteiger partial charge < -0.3 is 19.8 Å². The normalized spacial score (nSPS) is 23.0. The zero-order valence-corrected chi connectivity index (χ0v) is 21.4. The van der Waals surface area contributed by atoms with E-state index in [1.807, 2.05) is 47.2 Å². The highest BCUT2D eigenvalue weighted by molar-refractivity contribution is 5.84. The van der Waals surface area contributed by atoms with Gasteiger partial charge in [-0.1, -0.05) is 24.3 Å². The number of aromatic nitrogens is 2. The number of aromatic amines is 1. The van der Waals surface area contributed by atoms with Crippen molar-refractivity contribution in [2.75, 3.05) is 18.0 Å². The van der Waals surface area contributed by atoms with Gasteiger partial charge in [-0.25, -0.2) is 0 Å². The maximum atomic E-state index is 13.8. The topological polar surface area (TPSA) is 113 Å². The van der Waals surface area contributed by atoms with E-state index in [0.29, 0.717) is 32.5 Å². The van der Waals surface area contributed by atoms with Crippen LogP contribution in [-0.4, -0.2) is 39.5 Å². The van der Waals surface area contributed by atoms with Crippen LogP contribution in [0.1, 0.15) is 29.2 Å². The highest BCUT2D eigenvalue weighted by atomic mass is 16.6. The molecular weight excluding hydrogens is 494 g/mol. The largest absolute Gasteiger partial charge is 0.366 e. The summed E-state index contributed by atoms with van der Waals surface area (Å²) in [6.07, 6.45) is 4.06. The number of anilines is 1. The molecule has 3 aliphatic rings. The van der Waals surface area contributed by atoms with Gasteiger partial charge in [0.2, 0.25) is 5.91 Å². The Labute approximate surface area is 224 Å². The lowest BCUT2D eigenvalue weighted by Gasteiger charge is -2.54. The van der Waals surface area contributed by atoms with E-state index in [9.17, 15) is 19.7 Å². The van der Waals surface area contributed by atoms with Crippen molar-refractivity contribution in [3.8, 4) is 0 Å². The Kier molecular flexibility index (Phi) is 5.54. The molecule has 2 aromatic carbocycles. The second-order valence-corrected chi connectivity index (χ2v) is 11.0. The predicted octanol–water partition coefficient (Wildman–Crippen LogP) is 3.76. The molecule has 198 valence electrons. The van der Waals surface area contributed by atoms with Gasteiger partial charge in [0.1, 0.15) is 0 Å². The van der Waals surface area contributed by atoms with Crippen LogP contribution in [0.3, 0.4) is 0 Å². The Morgan fingerprint density at radius 3 is 2.85 bits per heavy atom. The quantitative estimate of drug-likeness (QED) is 0.306. The minimum absolute atomic E-state index is 0.00205. The van der Waals surface area contributed by atoms with Gasteiger partial charge in [-0.05, 0) is 54.5 Å². The molecule has 0 spiro atoms. The lowest BCUT2D eigenvalue weighted by atomic mass is 9.70. The standard InChI is InChI=1S/C30H29N5O4/c36-28-7-3-6-26-20-12-21(17-33(26)28)29-24(14-19-13-22(35(38)39)8-9-27(19)34(29)16-20)30(37)31-11-10-18-15-32-25-5-2-1-4-23(18)25/h1-9,13,15,20-21,24,29,32H,10-12,14,16-17H2,(H,31,37). The molecule has 4 aromatic rings. The van der Waals surface area contributed by atoms with E-state index in [2.05, 4.69) is 21.3 Å². The second-order valence-electron chi connectivity index (χ2n) is 11.0. The summed E-state index contributed by atoms with van der Waals surface area (Å²) in [6, 6.07) is 18.5. The van der Waals surface area contributed by atoms with Crippen LogP contribution in [0.25, 0.3) is 10.9 Å². The molecule has 2 bridgehead atoms. The van der Waals surface area contributed by atoms with Crippen molar-refractivity contribution >= 4 is 28.2 Å². The number of nitrogens with zero attached hydrogens (tertiary/aromatic N) is 3. The van der Waals surface area contributed by atoms with Crippen LogP contribution in [0.2, 0.25) is 0 Å². The molecule has 2 aromatic heterocycles. The lowest BCUT2D eigenvalue weighted by Crippen LogP contribution is -2.61. The zero-order valence-electron chi connectivity index (χ0n) is 21.4. The van der Waals surface area contributed by atoms with Crippen LogP contribution < -0.4 is 15.8 Å². The molecule has 1 fully saturated rings. The third-order valence-corrected chi connectivity index (χ3v) is 8.91. The number of benzene rings is 2. The number of hydrogen-bond donors (Lipinski definition) is 2. The fourth-order valence-corrected chi connectivity index (χ4v) is 7.24. The van der Waals surface area contributed by atoms with Gasteiger partial charge in [0.15, 0.2) is 0 Å². The van der Waals surface area contributed by atoms with E-state index >= 15 is 0 Å². The number of carbonyl (C=O) groups excluding carboxylic acids is 1. The first kappa shape index (κ1) is 23.7. The van der Waals surface area contributed by atoms with E-state index in [-0.39, 0.29) is 45.9 Å². The third-order valence-electron chi connectivity index (χ3n) is 8.91. The SMILES string of the molecule is O=C(NCCc1c[nH]c2ccccc12)C1Cc2cc([N+](=O)[O-])ccc2N2CC3CC(Cn4c3cccc4=O)C12. The first-order chi connectivity index (χ1) is 19.0. The van der Waals surface area contributed by atoms with Gasteiger partial charge >= 0.3 is 0 Å². The Balaban J connectivity index is 1.19. The predicted molar refractivity (Wildman–Crippen MR) is 148 cm³/mol. The van der Waals surface area contributed by atoms with Crippen molar-refractivity contribution in [1.29, 1.82) is 0 Å². The number of piperidine rings is 1. The molecule has 2 N–H and O–H groups in total. The highest BCUT2D eigenvalue weighted by Gasteiger charge is 2.49. The third kappa shape index (κ3) is 3.91. The van der Waals surface area contributed by atoms with Gasteiger partial charge in [0.05, 0.1) is 10.8 Å². The molecular formula is C30H29N5O4. The number of non-ortho nitro benzene ring substituents is 1. The number of rotatable bonds is 5. The van der Waals surface area contributed by atoms with Crippen molar-refractivity contribution in [2.24, 2.45) is 11.8 Å². The average molecular weight is 524 g/mol. The Hall–Kier alpha value is -4.40. The molecule has 9 nitrogen and oxygen atoms in total. The van der Waals surface area contributed by atoms with Crippen LogP contribution in [0.4, 0.5) is 11.4 Å². The number of nitrogens with one attached hydrogen (secondary N) is 2. The van der Waals surface area contributed by atoms with E-state index in [1.54, 1.807) is 18.2 Å². The number of pyridine rings is 1. The van der Waals surface area contributed by atoms with Crippen LogP contribution in [-0.2, 0) is 24.2 Å². The molecule has 4 atom stereocenters. The monoisotopic (exact) mass is 523 g/mol. The van der Waals surface area contributed by atoms with Gasteiger partial charge in [0.25, 0.3) is 11.2 Å². The Morgan fingerprint density at radius 2 is 1.97 bits per heavy atom. The summed E-state index contributed by atoms with van der Waals surface area (Å²) in [4.78, 5) is 43.3. The number of para-hydroxylation sites is 1. The number of fused-ring (bicyclic) bond motifs is 9. The second kappa shape index (κ2) is 9.11. The molecule has 1 saturated heterocycles. The van der Waals surface area contributed by atoms with E-state index in [0.717, 1.165) is 39.8 Å². The van der Waals surface area contributed by atoms with Crippen LogP contribution in [0, 0.1) is 22.0 Å². The highest BCUT2D eigenvalue weighted by Crippen LogP contribution is 2.47. The van der Waals surface area contributed by atoms with Crippen molar-refractivity contribution in [1.82, 2.24) is 14.9 Å². The first-order valence-electron chi connectivity index (χ1n) is 13.5. The molecule has 1 amide bonds. The Morgan fingerprint density at radius 1 is 1.10 bits per heavy atom. The van der Waals surface area contributed by atoms with E-state index in [4.69, 9.17) is 0 Å². The minimum Gasteiger partial charge on any atom is -0.366 e. The first-order valence-corrected chi connectivity index (χ1v) is 13.5. The fourth-order valence-electron chi connectivity index (χ4n) is 7.24. The average Bonchev–Trinajstić information content (AvgIpc) is 3.36. The number of amides is 1. The van der Waals surface area contributed by atoms with Gasteiger partial charge in [-0.3, -0.25) is 19.7 Å². The van der Waals surface area contributed by atoms with Crippen molar-refractivity contribution < 1.29 is 9.72 Å². The molecule has 0 radical (unpaired) electrons. The van der Waals surface area contributed by atoms with Crippen LogP contribution in [0.15, 0.2) is 71.7 Å². The summed E-state index contributed by atoms with van der Waals surface area (Å²) >= 11 is 0. The number of hydrogen-bond acceptors (Lipinski definition) is 5. The molecule has 3 aliphatic heterocycles. The van der Waals surface area contributed by atoms with Gasteiger partial charge in [-0.2, -0.15) is 0 Å². The maximum absolute atomic E-state index is 13.8. The maximum Gasteiger partial charge on any atom is 0.269 e. The number of H-pyrrole nitrogens is 1. The molecule has 9 heteroatoms. The number of nitro groups is 1. The fraction of sp³-hybridized carbons (Fsp3) is 0.333. The van der Waals surface area contributed by atoms with E-state index < -0.39 is 0 Å². The zero-order chi connectivity index (χ0) is 26.7. The smallest absolute Gasteiger partial charge is 0.269 e. The summed E-state index contributed by atoms with van der Waals surface area (Å²) in [7, 11) is 0. The molecule has 0 aliphatic carbocycles. The molecule has 4 unspecified atom stereocenters. The minimum atomic E-state index is -0.379. The van der Waals surface area contributed by atoms with Crippen LogP contribution in [0.5, 0.6) is 0 Å². The summed E-state index contributed by atoms with van der Waals surface area (Å²) in [5, 5.41) is 15.9. The summed E-state index contributed by atoms with van der Waals surface area (Å²) in [5.41, 5.74) is 5.11. The Bertz CT molecular complexity index is 1670. The van der Waals surface area contributed by atoms with Crippen LogP contribution >= 0.6 is 0 Å². The van der Waals surface area contributed by atoms with Crippen molar-refractivity contribution in [2.45, 2.75) is 37.8 Å². The summed E-state index contributed by atoms with van der Waals surface area (Å²) in [6.45, 7) is 1.75. The molecule has 39 heavy (non-hydrogen) atoms. The molecule has 5 heterocycles. The number of nitro benzene ring substituents is 1. The van der Waals surface area contributed by atoms with Gasteiger partial charge in [-0.15, -0.1) is 0 Å². The molecule has 7 rings (SSSR count). The summed E-state index contributed by atoms with van der Waals surface area (Å²) < 4.78 is 1.88.